The van der Waals surface area contributed by atoms with Crippen LogP contribution in [0.25, 0.3) is 6.08 Å². The Morgan fingerprint density at radius 3 is 2.89 bits per heavy atom. The van der Waals surface area contributed by atoms with Gasteiger partial charge in [-0.3, -0.25) is 14.8 Å². The first kappa shape index (κ1) is 17.9. The number of carbonyl (C=O) groups is 2. The van der Waals surface area contributed by atoms with Crippen molar-refractivity contribution >= 4 is 29.2 Å². The normalized spacial score (nSPS) is 18.4. The van der Waals surface area contributed by atoms with Crippen molar-refractivity contribution in [3.8, 4) is 0 Å². The highest BCUT2D eigenvalue weighted by molar-refractivity contribution is 7.14. The molecule has 3 heterocycles. The smallest absolute Gasteiger partial charge is 0.294 e. The van der Waals surface area contributed by atoms with E-state index in [1.807, 2.05) is 29.4 Å². The number of hydrogen-bond donors (Lipinski definition) is 2. The van der Waals surface area contributed by atoms with Crippen LogP contribution in [-0.4, -0.2) is 38.0 Å². The number of allylic oxidation sites excluding steroid dienone is 1. The second-order valence-corrected chi connectivity index (χ2v) is 8.37. The number of thiophene rings is 1. The molecule has 2 aromatic heterocycles. The van der Waals surface area contributed by atoms with Gasteiger partial charge in [0.15, 0.2) is 0 Å². The van der Waals surface area contributed by atoms with E-state index >= 15 is 0 Å². The molecule has 1 aliphatic carbocycles. The third-order valence-corrected chi connectivity index (χ3v) is 6.30. The van der Waals surface area contributed by atoms with Gasteiger partial charge in [0.2, 0.25) is 0 Å². The lowest BCUT2D eigenvalue weighted by molar-refractivity contribution is 0.0551. The molecule has 1 atom stereocenters. The number of rotatable bonds is 3. The van der Waals surface area contributed by atoms with Crippen LogP contribution in [-0.2, 0) is 13.0 Å². The Labute approximate surface area is 161 Å². The van der Waals surface area contributed by atoms with E-state index in [2.05, 4.69) is 17.1 Å². The number of carbonyl (C=O) groups excluding carboxylic acids is 2. The van der Waals surface area contributed by atoms with E-state index < -0.39 is 5.91 Å². The molecule has 1 unspecified atom stereocenters. The van der Waals surface area contributed by atoms with E-state index in [0.717, 1.165) is 23.3 Å². The van der Waals surface area contributed by atoms with Crippen LogP contribution in [0, 0.1) is 5.92 Å². The van der Waals surface area contributed by atoms with Gasteiger partial charge in [0.05, 0.1) is 10.9 Å². The Balaban J connectivity index is 1.67. The first-order chi connectivity index (χ1) is 13.0. The third-order valence-electron chi connectivity index (χ3n) is 5.10. The number of nitrogens with one attached hydrogen (secondary N) is 1. The van der Waals surface area contributed by atoms with Crippen LogP contribution in [0.1, 0.15) is 62.7 Å². The van der Waals surface area contributed by atoms with Gasteiger partial charge in [-0.15, -0.1) is 11.3 Å². The topological polar surface area (TPSA) is 87.5 Å². The zero-order valence-electron chi connectivity index (χ0n) is 15.3. The second kappa shape index (κ2) is 6.94. The summed E-state index contributed by atoms with van der Waals surface area (Å²) in [4.78, 5) is 33.3. The van der Waals surface area contributed by atoms with E-state index in [9.17, 15) is 9.59 Å². The van der Waals surface area contributed by atoms with Gasteiger partial charge in [0, 0.05) is 24.2 Å². The molecule has 0 aromatic carbocycles. The van der Waals surface area contributed by atoms with E-state index in [4.69, 9.17) is 5.21 Å². The number of hydrogen-bond acceptors (Lipinski definition) is 5. The minimum absolute atomic E-state index is 0.0175. The van der Waals surface area contributed by atoms with Crippen molar-refractivity contribution in [2.24, 2.45) is 5.92 Å². The quantitative estimate of drug-likeness (QED) is 0.627. The molecule has 0 bridgehead atoms. The minimum atomic E-state index is -0.644. The molecule has 27 heavy (non-hydrogen) atoms. The van der Waals surface area contributed by atoms with E-state index in [1.165, 1.54) is 4.88 Å². The SMILES string of the molecule is CC(C)C1c2nc(C(=O)NO)cn2CCN1C(=O)c1cc2c(s1)CCC=C2. The molecule has 142 valence electrons. The maximum atomic E-state index is 13.3. The van der Waals surface area contributed by atoms with Crippen LogP contribution < -0.4 is 5.48 Å². The Kier molecular flexibility index (Phi) is 4.61. The minimum Gasteiger partial charge on any atom is -0.331 e. The maximum Gasteiger partial charge on any atom is 0.294 e. The average Bonchev–Trinajstić information content (AvgIpc) is 3.29. The molecule has 0 radical (unpaired) electrons. The molecule has 0 saturated heterocycles. The number of aryl methyl sites for hydroxylation is 1. The van der Waals surface area contributed by atoms with Crippen molar-refractivity contribution in [2.75, 3.05) is 6.54 Å². The van der Waals surface area contributed by atoms with Gasteiger partial charge >= 0.3 is 0 Å². The molecular formula is C19H22N4O3S. The van der Waals surface area contributed by atoms with Gasteiger partial charge in [-0.1, -0.05) is 26.0 Å². The Hall–Kier alpha value is -2.45. The number of nitrogens with zero attached hydrogens (tertiary/aromatic N) is 3. The summed E-state index contributed by atoms with van der Waals surface area (Å²) in [6, 6.07) is 1.77. The number of hydroxylamine groups is 1. The summed E-state index contributed by atoms with van der Waals surface area (Å²) in [7, 11) is 0. The van der Waals surface area contributed by atoms with E-state index in [0.29, 0.717) is 18.9 Å². The van der Waals surface area contributed by atoms with Crippen molar-refractivity contribution < 1.29 is 14.8 Å². The molecule has 2 N–H and O–H groups in total. The Morgan fingerprint density at radius 1 is 1.37 bits per heavy atom. The fourth-order valence-corrected chi connectivity index (χ4v) is 4.96. The summed E-state index contributed by atoms with van der Waals surface area (Å²) in [5, 5.41) is 8.88. The summed E-state index contributed by atoms with van der Waals surface area (Å²) in [5.41, 5.74) is 2.93. The first-order valence-corrected chi connectivity index (χ1v) is 9.93. The van der Waals surface area contributed by atoms with Gasteiger partial charge in [0.1, 0.15) is 11.5 Å². The average molecular weight is 386 g/mol. The highest BCUT2D eigenvalue weighted by Crippen LogP contribution is 2.35. The molecule has 2 amide bonds. The van der Waals surface area contributed by atoms with Gasteiger partial charge in [-0.05, 0) is 30.4 Å². The Morgan fingerprint density at radius 2 is 2.19 bits per heavy atom. The predicted octanol–water partition coefficient (Wildman–Crippen LogP) is 2.88. The van der Waals surface area contributed by atoms with Crippen molar-refractivity contribution in [2.45, 2.75) is 39.3 Å². The molecule has 0 fully saturated rings. The number of aromatic nitrogens is 2. The summed E-state index contributed by atoms with van der Waals surface area (Å²) >= 11 is 1.58. The van der Waals surface area contributed by atoms with Gasteiger partial charge in [-0.25, -0.2) is 10.5 Å². The summed E-state index contributed by atoms with van der Waals surface area (Å²) < 4.78 is 1.90. The number of imidazole rings is 1. The molecule has 1 aliphatic heterocycles. The molecule has 2 aromatic rings. The van der Waals surface area contributed by atoms with Crippen molar-refractivity contribution in [1.82, 2.24) is 19.9 Å². The molecular weight excluding hydrogens is 364 g/mol. The first-order valence-electron chi connectivity index (χ1n) is 9.11. The molecule has 0 saturated carbocycles. The summed E-state index contributed by atoms with van der Waals surface area (Å²) in [6.45, 7) is 5.22. The lowest BCUT2D eigenvalue weighted by atomic mass is 9.99. The lowest BCUT2D eigenvalue weighted by Gasteiger charge is -2.38. The van der Waals surface area contributed by atoms with Crippen LogP contribution in [0.4, 0.5) is 0 Å². The zero-order chi connectivity index (χ0) is 19.1. The van der Waals surface area contributed by atoms with Crippen LogP contribution in [0.3, 0.4) is 0 Å². The fourth-order valence-electron chi connectivity index (χ4n) is 3.84. The maximum absolute atomic E-state index is 13.3. The predicted molar refractivity (Wildman–Crippen MR) is 102 cm³/mol. The van der Waals surface area contributed by atoms with Crippen LogP contribution in [0.5, 0.6) is 0 Å². The molecule has 7 nitrogen and oxygen atoms in total. The Bertz CT molecular complexity index is 928. The summed E-state index contributed by atoms with van der Waals surface area (Å²) in [5.74, 6) is 0.193. The molecule has 4 rings (SSSR count). The molecule has 0 spiro atoms. The van der Waals surface area contributed by atoms with Crippen LogP contribution in [0.15, 0.2) is 18.3 Å². The second-order valence-electron chi connectivity index (χ2n) is 7.24. The van der Waals surface area contributed by atoms with Gasteiger partial charge < -0.3 is 9.47 Å². The van der Waals surface area contributed by atoms with Gasteiger partial charge in [-0.2, -0.15) is 0 Å². The number of fused-ring (bicyclic) bond motifs is 2. The standard InChI is InChI=1S/C19H22N4O3S/c1-11(2)16-17-20-13(18(24)21-26)10-22(17)7-8-23(16)19(25)15-9-12-5-3-4-6-14(12)27-15/h3,5,9-11,16,26H,4,6-8H2,1-2H3,(H,21,24). The molecule has 8 heteroatoms. The number of amides is 2. The van der Waals surface area contributed by atoms with Crippen molar-refractivity contribution in [3.05, 3.63) is 45.2 Å². The van der Waals surface area contributed by atoms with Crippen LogP contribution in [0.2, 0.25) is 0 Å². The van der Waals surface area contributed by atoms with Crippen LogP contribution >= 0.6 is 11.3 Å². The van der Waals surface area contributed by atoms with E-state index in [1.54, 1.807) is 23.0 Å². The van der Waals surface area contributed by atoms with Crippen molar-refractivity contribution in [1.29, 1.82) is 0 Å². The highest BCUT2D eigenvalue weighted by Gasteiger charge is 2.36. The highest BCUT2D eigenvalue weighted by atomic mass is 32.1. The largest absolute Gasteiger partial charge is 0.331 e. The third kappa shape index (κ3) is 3.08. The van der Waals surface area contributed by atoms with E-state index in [-0.39, 0.29) is 23.6 Å². The zero-order valence-corrected chi connectivity index (χ0v) is 16.1. The van der Waals surface area contributed by atoms with Crippen molar-refractivity contribution in [3.63, 3.8) is 0 Å². The van der Waals surface area contributed by atoms with Gasteiger partial charge in [0.25, 0.3) is 11.8 Å². The monoisotopic (exact) mass is 386 g/mol. The fraction of sp³-hybridized carbons (Fsp3) is 0.421. The summed E-state index contributed by atoms with van der Waals surface area (Å²) in [6.07, 6.45) is 7.88. The molecule has 2 aliphatic rings. The lowest BCUT2D eigenvalue weighted by Crippen LogP contribution is -2.44.